The normalized spacial score (nSPS) is 10.6. The van der Waals surface area contributed by atoms with Crippen molar-refractivity contribution in [3.63, 3.8) is 0 Å². The van der Waals surface area contributed by atoms with Crippen molar-refractivity contribution in [1.82, 2.24) is 15.4 Å². The SMILES string of the molecule is O=C(N/N=C\c1cscc1Br)c1cnccn1. The summed E-state index contributed by atoms with van der Waals surface area (Å²) in [4.78, 5) is 19.2. The predicted molar refractivity (Wildman–Crippen MR) is 69.1 cm³/mol. The van der Waals surface area contributed by atoms with Gasteiger partial charge in [-0.15, -0.1) is 0 Å². The molecule has 86 valence electrons. The molecule has 2 aromatic heterocycles. The lowest BCUT2D eigenvalue weighted by molar-refractivity contribution is 0.0950. The van der Waals surface area contributed by atoms with Crippen LogP contribution in [0.3, 0.4) is 0 Å². The smallest absolute Gasteiger partial charge is 0.265 e. The Morgan fingerprint density at radius 2 is 2.35 bits per heavy atom. The summed E-state index contributed by atoms with van der Waals surface area (Å²) in [5.41, 5.74) is 3.52. The molecule has 0 saturated heterocycles. The van der Waals surface area contributed by atoms with Crippen molar-refractivity contribution >= 4 is 39.4 Å². The summed E-state index contributed by atoms with van der Waals surface area (Å²) in [6.07, 6.45) is 5.90. The van der Waals surface area contributed by atoms with Crippen LogP contribution in [-0.2, 0) is 0 Å². The first-order chi connectivity index (χ1) is 8.27. The zero-order valence-electron chi connectivity index (χ0n) is 8.50. The summed E-state index contributed by atoms with van der Waals surface area (Å²) in [6, 6.07) is 0. The van der Waals surface area contributed by atoms with Gasteiger partial charge in [0.05, 0.1) is 12.4 Å². The van der Waals surface area contributed by atoms with E-state index >= 15 is 0 Å². The minimum atomic E-state index is -0.388. The monoisotopic (exact) mass is 310 g/mol. The first-order valence-electron chi connectivity index (χ1n) is 4.58. The summed E-state index contributed by atoms with van der Waals surface area (Å²) < 4.78 is 0.944. The molecule has 1 amide bonds. The Bertz CT molecular complexity index is 540. The number of thiophene rings is 1. The Hall–Kier alpha value is -1.60. The molecule has 17 heavy (non-hydrogen) atoms. The van der Waals surface area contributed by atoms with Crippen LogP contribution in [-0.4, -0.2) is 22.1 Å². The highest BCUT2D eigenvalue weighted by Crippen LogP contribution is 2.18. The van der Waals surface area contributed by atoms with E-state index in [1.807, 2.05) is 10.8 Å². The highest BCUT2D eigenvalue weighted by Gasteiger charge is 2.04. The molecule has 0 aliphatic carbocycles. The zero-order valence-corrected chi connectivity index (χ0v) is 10.9. The van der Waals surface area contributed by atoms with E-state index in [-0.39, 0.29) is 11.6 Å². The van der Waals surface area contributed by atoms with Crippen molar-refractivity contribution in [2.24, 2.45) is 5.10 Å². The molecule has 0 spiro atoms. The molecule has 5 nitrogen and oxygen atoms in total. The van der Waals surface area contributed by atoms with Crippen LogP contribution in [0, 0.1) is 0 Å². The van der Waals surface area contributed by atoms with Gasteiger partial charge in [-0.2, -0.15) is 16.4 Å². The number of hydrazone groups is 1. The van der Waals surface area contributed by atoms with Crippen LogP contribution >= 0.6 is 27.3 Å². The van der Waals surface area contributed by atoms with Crippen LogP contribution < -0.4 is 5.43 Å². The molecule has 0 aliphatic heterocycles. The van der Waals surface area contributed by atoms with E-state index in [1.54, 1.807) is 17.6 Å². The van der Waals surface area contributed by atoms with Gasteiger partial charge in [-0.1, -0.05) is 0 Å². The summed E-state index contributed by atoms with van der Waals surface area (Å²) >= 11 is 4.91. The highest BCUT2D eigenvalue weighted by atomic mass is 79.9. The number of amides is 1. The quantitative estimate of drug-likeness (QED) is 0.697. The van der Waals surface area contributed by atoms with Gasteiger partial charge in [0.15, 0.2) is 0 Å². The molecule has 2 aromatic rings. The molecule has 0 fully saturated rings. The van der Waals surface area contributed by atoms with Crippen molar-refractivity contribution in [3.8, 4) is 0 Å². The number of aromatic nitrogens is 2. The van der Waals surface area contributed by atoms with Crippen molar-refractivity contribution < 1.29 is 4.79 Å². The molecule has 0 saturated carbocycles. The van der Waals surface area contributed by atoms with Crippen LogP contribution in [0.4, 0.5) is 0 Å². The minimum absolute atomic E-state index is 0.231. The second-order valence-corrected chi connectivity index (χ2v) is 4.56. The third kappa shape index (κ3) is 3.18. The first-order valence-corrected chi connectivity index (χ1v) is 6.32. The van der Waals surface area contributed by atoms with Crippen LogP contribution in [0.1, 0.15) is 16.1 Å². The van der Waals surface area contributed by atoms with E-state index in [2.05, 4.69) is 36.4 Å². The van der Waals surface area contributed by atoms with Gasteiger partial charge < -0.3 is 0 Å². The maximum atomic E-state index is 11.5. The maximum Gasteiger partial charge on any atom is 0.291 e. The molecule has 0 atom stereocenters. The molecule has 0 aromatic carbocycles. The van der Waals surface area contributed by atoms with Gasteiger partial charge in [0.2, 0.25) is 0 Å². The summed E-state index contributed by atoms with van der Waals surface area (Å²) in [6.45, 7) is 0. The molecule has 2 heterocycles. The minimum Gasteiger partial charge on any atom is -0.265 e. The fourth-order valence-corrected chi connectivity index (χ4v) is 2.37. The van der Waals surface area contributed by atoms with Crippen LogP contribution in [0.2, 0.25) is 0 Å². The fourth-order valence-electron chi connectivity index (χ4n) is 1.02. The Balaban J connectivity index is 1.97. The van der Waals surface area contributed by atoms with E-state index < -0.39 is 0 Å². The third-order valence-corrected chi connectivity index (χ3v) is 3.56. The number of hydrogen-bond acceptors (Lipinski definition) is 5. The average Bonchev–Trinajstić information content (AvgIpc) is 2.76. The van der Waals surface area contributed by atoms with E-state index in [0.717, 1.165) is 10.0 Å². The second kappa shape index (κ2) is 5.65. The highest BCUT2D eigenvalue weighted by molar-refractivity contribution is 9.10. The molecule has 7 heteroatoms. The lowest BCUT2D eigenvalue weighted by Crippen LogP contribution is -2.19. The molecule has 2 rings (SSSR count). The number of nitrogens with one attached hydrogen (secondary N) is 1. The molecule has 0 bridgehead atoms. The van der Waals surface area contributed by atoms with Gasteiger partial charge in [0.1, 0.15) is 5.69 Å². The average molecular weight is 311 g/mol. The Kier molecular flexibility index (Phi) is 3.94. The van der Waals surface area contributed by atoms with Gasteiger partial charge in [-0.3, -0.25) is 9.78 Å². The maximum absolute atomic E-state index is 11.5. The van der Waals surface area contributed by atoms with Crippen molar-refractivity contribution in [3.05, 3.63) is 45.1 Å². The summed E-state index contributed by atoms with van der Waals surface area (Å²) in [7, 11) is 0. The zero-order chi connectivity index (χ0) is 12.1. The van der Waals surface area contributed by atoms with E-state index in [1.165, 1.54) is 18.6 Å². The van der Waals surface area contributed by atoms with Gasteiger partial charge >= 0.3 is 0 Å². The second-order valence-electron chi connectivity index (χ2n) is 2.96. The number of halogens is 1. The molecule has 0 unspecified atom stereocenters. The van der Waals surface area contributed by atoms with Crippen molar-refractivity contribution in [2.75, 3.05) is 0 Å². The number of hydrogen-bond donors (Lipinski definition) is 1. The van der Waals surface area contributed by atoms with E-state index in [0.29, 0.717) is 0 Å². The standard InChI is InChI=1S/C10H7BrN4OS/c11-8-6-17-5-7(8)3-14-15-10(16)9-4-12-1-2-13-9/h1-6H,(H,15,16)/b14-3-. The Labute approximate surface area is 110 Å². The number of rotatable bonds is 3. The van der Waals surface area contributed by atoms with Crippen LogP contribution in [0.5, 0.6) is 0 Å². The number of nitrogens with zero attached hydrogens (tertiary/aromatic N) is 3. The lowest BCUT2D eigenvalue weighted by atomic mass is 10.4. The third-order valence-electron chi connectivity index (χ3n) is 1.81. The summed E-state index contributed by atoms with van der Waals surface area (Å²) in [5.74, 6) is -0.388. The number of carbonyl (C=O) groups excluding carboxylic acids is 1. The Morgan fingerprint density at radius 3 is 3.00 bits per heavy atom. The Morgan fingerprint density at radius 1 is 1.47 bits per heavy atom. The van der Waals surface area contributed by atoms with E-state index in [9.17, 15) is 4.79 Å². The van der Waals surface area contributed by atoms with Gasteiger partial charge in [-0.25, -0.2) is 10.4 Å². The molecular weight excluding hydrogens is 304 g/mol. The lowest BCUT2D eigenvalue weighted by Gasteiger charge is -1.96. The molecular formula is C10H7BrN4OS. The summed E-state index contributed by atoms with van der Waals surface area (Å²) in [5, 5.41) is 7.69. The van der Waals surface area contributed by atoms with Gasteiger partial charge in [-0.05, 0) is 15.9 Å². The topological polar surface area (TPSA) is 67.2 Å². The van der Waals surface area contributed by atoms with Crippen LogP contribution in [0.25, 0.3) is 0 Å². The van der Waals surface area contributed by atoms with Gasteiger partial charge in [0.25, 0.3) is 5.91 Å². The van der Waals surface area contributed by atoms with Gasteiger partial charge in [0, 0.05) is 33.2 Å². The molecule has 0 radical (unpaired) electrons. The van der Waals surface area contributed by atoms with Crippen LogP contribution in [0.15, 0.2) is 38.9 Å². The fraction of sp³-hybridized carbons (Fsp3) is 0. The van der Waals surface area contributed by atoms with E-state index in [4.69, 9.17) is 0 Å². The molecule has 1 N–H and O–H groups in total. The number of carbonyl (C=O) groups is 1. The largest absolute Gasteiger partial charge is 0.291 e. The predicted octanol–water partition coefficient (Wildman–Crippen LogP) is 2.06. The van der Waals surface area contributed by atoms with Crippen molar-refractivity contribution in [1.29, 1.82) is 0 Å². The molecule has 0 aliphatic rings. The van der Waals surface area contributed by atoms with Crippen molar-refractivity contribution in [2.45, 2.75) is 0 Å². The first kappa shape index (κ1) is 11.9.